The maximum absolute atomic E-state index is 5.52. The lowest BCUT2D eigenvalue weighted by molar-refractivity contribution is 0.00752. The van der Waals surface area contributed by atoms with E-state index in [1.54, 1.807) is 0 Å². The van der Waals surface area contributed by atoms with Gasteiger partial charge in [0.1, 0.15) is 5.82 Å². The van der Waals surface area contributed by atoms with E-state index in [1.807, 2.05) is 6.20 Å². The number of morpholine rings is 1. The van der Waals surface area contributed by atoms with E-state index in [0.29, 0.717) is 18.5 Å². The number of halogens is 1. The molecule has 3 heterocycles. The third-order valence-corrected chi connectivity index (χ3v) is 5.77. The lowest BCUT2D eigenvalue weighted by Crippen LogP contribution is -2.52. The van der Waals surface area contributed by atoms with E-state index in [2.05, 4.69) is 58.3 Å². The standard InChI is InChI=1S/C22H38N6O.HI/c1-4-23-22(26-17-20(18(2)3)27-11-13-29-14-12-27)25-16-19-7-8-24-21(15-19)28-9-5-6-10-28;/h7-8,15,18,20H,4-6,9-14,16-17H2,1-3H3,(H2,23,25,26);1H. The molecule has 1 unspecified atom stereocenters. The Bertz CT molecular complexity index is 644. The van der Waals surface area contributed by atoms with E-state index in [4.69, 9.17) is 9.73 Å². The maximum Gasteiger partial charge on any atom is 0.191 e. The predicted octanol–water partition coefficient (Wildman–Crippen LogP) is 2.71. The van der Waals surface area contributed by atoms with E-state index in [9.17, 15) is 0 Å². The fraction of sp³-hybridized carbons (Fsp3) is 0.727. The van der Waals surface area contributed by atoms with Crippen LogP contribution in [0, 0.1) is 5.92 Å². The first-order valence-corrected chi connectivity index (χ1v) is 11.2. The molecule has 1 atom stereocenters. The highest BCUT2D eigenvalue weighted by atomic mass is 127. The minimum absolute atomic E-state index is 0. The number of hydrogen-bond donors (Lipinski definition) is 2. The summed E-state index contributed by atoms with van der Waals surface area (Å²) < 4.78 is 5.52. The normalized spacial score (nSPS) is 18.9. The molecule has 2 fully saturated rings. The van der Waals surface area contributed by atoms with Crippen LogP contribution in [-0.4, -0.2) is 74.4 Å². The van der Waals surface area contributed by atoms with Crippen LogP contribution in [0.3, 0.4) is 0 Å². The van der Waals surface area contributed by atoms with Gasteiger partial charge >= 0.3 is 0 Å². The number of anilines is 1. The highest BCUT2D eigenvalue weighted by Gasteiger charge is 2.23. The van der Waals surface area contributed by atoms with Crippen molar-refractivity contribution in [1.29, 1.82) is 0 Å². The third kappa shape index (κ3) is 7.53. The number of nitrogens with one attached hydrogen (secondary N) is 2. The molecule has 0 bridgehead atoms. The van der Waals surface area contributed by atoms with Gasteiger partial charge in [-0.05, 0) is 43.4 Å². The minimum Gasteiger partial charge on any atom is -0.379 e. The summed E-state index contributed by atoms with van der Waals surface area (Å²) in [6.45, 7) is 15.0. The molecule has 0 aromatic carbocycles. The van der Waals surface area contributed by atoms with Crippen LogP contribution in [0.2, 0.25) is 0 Å². The van der Waals surface area contributed by atoms with Crippen LogP contribution in [0.1, 0.15) is 39.2 Å². The number of guanidine groups is 1. The number of aliphatic imine (C=N–C) groups is 1. The van der Waals surface area contributed by atoms with Crippen LogP contribution in [0.5, 0.6) is 0 Å². The van der Waals surface area contributed by atoms with Gasteiger partial charge in [0.2, 0.25) is 0 Å². The molecule has 2 saturated heterocycles. The largest absolute Gasteiger partial charge is 0.379 e. The third-order valence-electron chi connectivity index (χ3n) is 5.77. The molecule has 2 N–H and O–H groups in total. The molecular weight excluding hydrogens is 491 g/mol. The summed E-state index contributed by atoms with van der Waals surface area (Å²) in [6.07, 6.45) is 4.43. The van der Waals surface area contributed by atoms with Crippen LogP contribution in [0.15, 0.2) is 23.3 Å². The van der Waals surface area contributed by atoms with Crippen molar-refractivity contribution in [2.24, 2.45) is 10.9 Å². The molecule has 2 aliphatic rings. The molecule has 170 valence electrons. The maximum atomic E-state index is 5.52. The number of pyridine rings is 1. The van der Waals surface area contributed by atoms with Crippen molar-refractivity contribution in [2.75, 3.05) is 57.4 Å². The van der Waals surface area contributed by atoms with E-state index in [-0.39, 0.29) is 24.0 Å². The van der Waals surface area contributed by atoms with Gasteiger partial charge in [0, 0.05) is 51.5 Å². The second-order valence-corrected chi connectivity index (χ2v) is 8.25. The molecular formula is C22H39IN6O. The van der Waals surface area contributed by atoms with Crippen molar-refractivity contribution in [3.8, 4) is 0 Å². The molecule has 1 aromatic rings. The van der Waals surface area contributed by atoms with Gasteiger partial charge in [0.05, 0.1) is 19.8 Å². The van der Waals surface area contributed by atoms with E-state index >= 15 is 0 Å². The lowest BCUT2D eigenvalue weighted by Gasteiger charge is -2.37. The summed E-state index contributed by atoms with van der Waals surface area (Å²) in [5, 5.41) is 6.96. The number of rotatable bonds is 8. The van der Waals surface area contributed by atoms with Gasteiger partial charge in [0.25, 0.3) is 0 Å². The molecule has 8 heteroatoms. The first kappa shape index (κ1) is 25.1. The number of hydrogen-bond acceptors (Lipinski definition) is 5. The monoisotopic (exact) mass is 530 g/mol. The molecule has 0 amide bonds. The first-order chi connectivity index (χ1) is 14.2. The summed E-state index contributed by atoms with van der Waals surface area (Å²) in [5.74, 6) is 2.54. The Balaban J connectivity index is 0.00000320. The van der Waals surface area contributed by atoms with Crippen molar-refractivity contribution in [2.45, 2.75) is 46.2 Å². The van der Waals surface area contributed by atoms with Crippen molar-refractivity contribution in [3.05, 3.63) is 23.9 Å². The van der Waals surface area contributed by atoms with Gasteiger partial charge < -0.3 is 20.3 Å². The summed E-state index contributed by atoms with van der Waals surface area (Å²) in [4.78, 5) is 14.3. The average molecular weight is 530 g/mol. The van der Waals surface area contributed by atoms with Crippen LogP contribution >= 0.6 is 24.0 Å². The summed E-state index contributed by atoms with van der Waals surface area (Å²) in [7, 11) is 0. The summed E-state index contributed by atoms with van der Waals surface area (Å²) in [6, 6.07) is 4.73. The number of aromatic nitrogens is 1. The molecule has 0 aliphatic carbocycles. The van der Waals surface area contributed by atoms with E-state index in [1.165, 1.54) is 18.4 Å². The number of nitrogens with zero attached hydrogens (tertiary/aromatic N) is 4. The molecule has 3 rings (SSSR count). The highest BCUT2D eigenvalue weighted by Crippen LogP contribution is 2.19. The lowest BCUT2D eigenvalue weighted by atomic mass is 10.0. The smallest absolute Gasteiger partial charge is 0.191 e. The predicted molar refractivity (Wildman–Crippen MR) is 135 cm³/mol. The van der Waals surface area contributed by atoms with Crippen molar-refractivity contribution in [3.63, 3.8) is 0 Å². The van der Waals surface area contributed by atoms with Crippen molar-refractivity contribution >= 4 is 35.8 Å². The van der Waals surface area contributed by atoms with Crippen LogP contribution in [0.4, 0.5) is 5.82 Å². The molecule has 0 spiro atoms. The Morgan fingerprint density at radius 1 is 1.17 bits per heavy atom. The topological polar surface area (TPSA) is 65.0 Å². The zero-order valence-electron chi connectivity index (χ0n) is 18.8. The molecule has 0 radical (unpaired) electrons. The summed E-state index contributed by atoms with van der Waals surface area (Å²) >= 11 is 0. The van der Waals surface area contributed by atoms with Gasteiger partial charge in [-0.15, -0.1) is 24.0 Å². The van der Waals surface area contributed by atoms with Gasteiger partial charge in [-0.1, -0.05) is 13.8 Å². The minimum atomic E-state index is 0. The zero-order valence-corrected chi connectivity index (χ0v) is 21.1. The van der Waals surface area contributed by atoms with E-state index < -0.39 is 0 Å². The van der Waals surface area contributed by atoms with Crippen molar-refractivity contribution in [1.82, 2.24) is 20.5 Å². The SMILES string of the molecule is CCNC(=NCc1ccnc(N2CCCC2)c1)NCC(C(C)C)N1CCOCC1.I. The van der Waals surface area contributed by atoms with Crippen molar-refractivity contribution < 1.29 is 4.74 Å². The second kappa shape index (κ2) is 13.3. The number of ether oxygens (including phenoxy) is 1. The van der Waals surface area contributed by atoms with Crippen LogP contribution < -0.4 is 15.5 Å². The summed E-state index contributed by atoms with van der Waals surface area (Å²) in [5.41, 5.74) is 1.20. The first-order valence-electron chi connectivity index (χ1n) is 11.2. The Hall–Kier alpha value is -1.13. The Labute approximate surface area is 199 Å². The molecule has 2 aliphatic heterocycles. The van der Waals surface area contributed by atoms with E-state index in [0.717, 1.165) is 64.3 Å². The Morgan fingerprint density at radius 2 is 1.90 bits per heavy atom. The van der Waals surface area contributed by atoms with Gasteiger partial charge in [-0.3, -0.25) is 4.90 Å². The molecule has 1 aromatic heterocycles. The quantitative estimate of drug-likeness (QED) is 0.306. The fourth-order valence-electron chi connectivity index (χ4n) is 4.09. The molecule has 30 heavy (non-hydrogen) atoms. The van der Waals surface area contributed by atoms with Gasteiger partial charge in [0.15, 0.2) is 5.96 Å². The van der Waals surface area contributed by atoms with Crippen LogP contribution in [-0.2, 0) is 11.3 Å². The second-order valence-electron chi connectivity index (χ2n) is 8.25. The molecule has 7 nitrogen and oxygen atoms in total. The molecule has 0 saturated carbocycles. The zero-order chi connectivity index (χ0) is 20.5. The highest BCUT2D eigenvalue weighted by molar-refractivity contribution is 14.0. The Kier molecular flexibility index (Phi) is 11.2. The fourth-order valence-corrected chi connectivity index (χ4v) is 4.09. The van der Waals surface area contributed by atoms with Gasteiger partial charge in [-0.2, -0.15) is 0 Å². The Morgan fingerprint density at radius 3 is 2.57 bits per heavy atom. The van der Waals surface area contributed by atoms with Gasteiger partial charge in [-0.25, -0.2) is 9.98 Å². The van der Waals surface area contributed by atoms with Crippen LogP contribution in [0.25, 0.3) is 0 Å². The average Bonchev–Trinajstić information content (AvgIpc) is 3.28.